The van der Waals surface area contributed by atoms with Gasteiger partial charge in [-0.2, -0.15) is 0 Å². The van der Waals surface area contributed by atoms with E-state index in [2.05, 4.69) is 34.6 Å². The summed E-state index contributed by atoms with van der Waals surface area (Å²) in [6.07, 6.45) is 4.96. The first-order chi connectivity index (χ1) is 10.6. The average molecular weight is 320 g/mol. The van der Waals surface area contributed by atoms with E-state index < -0.39 is 0 Å². The molecule has 1 aliphatic carbocycles. The summed E-state index contributed by atoms with van der Waals surface area (Å²) in [4.78, 5) is 0. The lowest BCUT2D eigenvalue weighted by molar-refractivity contribution is 0.346. The van der Waals surface area contributed by atoms with Crippen LogP contribution in [0.4, 0.5) is 0 Å². The maximum absolute atomic E-state index is 6.03. The summed E-state index contributed by atoms with van der Waals surface area (Å²) < 4.78 is 5.51. The van der Waals surface area contributed by atoms with Gasteiger partial charge >= 0.3 is 0 Å². The van der Waals surface area contributed by atoms with Gasteiger partial charge < -0.3 is 9.73 Å². The Morgan fingerprint density at radius 3 is 2.50 bits per heavy atom. The van der Waals surface area contributed by atoms with Crippen LogP contribution in [-0.4, -0.2) is 16.7 Å². The molecule has 0 spiro atoms. The van der Waals surface area contributed by atoms with Crippen LogP contribution in [0.5, 0.6) is 0 Å². The van der Waals surface area contributed by atoms with Crippen molar-refractivity contribution in [1.29, 1.82) is 0 Å². The molecular formula is C17H22ClN3O. The van der Waals surface area contributed by atoms with Crippen LogP contribution in [0.25, 0.3) is 0 Å². The minimum atomic E-state index is 0.0611. The Bertz CT molecular complexity index is 617. The van der Waals surface area contributed by atoms with E-state index in [-0.39, 0.29) is 11.5 Å². The van der Waals surface area contributed by atoms with Crippen molar-refractivity contribution in [3.8, 4) is 0 Å². The molecule has 1 aromatic heterocycles. The number of hydrogen-bond acceptors (Lipinski definition) is 4. The molecule has 1 fully saturated rings. The van der Waals surface area contributed by atoms with Gasteiger partial charge in [0.05, 0.1) is 6.04 Å². The molecule has 0 bridgehead atoms. The average Bonchev–Trinajstić information content (AvgIpc) is 3.15. The molecule has 0 unspecified atom stereocenters. The summed E-state index contributed by atoms with van der Waals surface area (Å²) in [6, 6.07) is 8.36. The topological polar surface area (TPSA) is 51.0 Å². The Morgan fingerprint density at radius 1 is 1.23 bits per heavy atom. The smallest absolute Gasteiger partial charge is 0.233 e. The molecule has 0 radical (unpaired) electrons. The van der Waals surface area contributed by atoms with Gasteiger partial charge in [-0.15, -0.1) is 10.2 Å². The third kappa shape index (κ3) is 3.18. The van der Waals surface area contributed by atoms with Crippen LogP contribution < -0.4 is 5.32 Å². The molecule has 0 aliphatic heterocycles. The summed E-state index contributed by atoms with van der Waals surface area (Å²) in [5.74, 6) is 1.26. The van der Waals surface area contributed by atoms with Crippen molar-refractivity contribution < 1.29 is 4.42 Å². The normalized spacial score (nSPS) is 18.5. The van der Waals surface area contributed by atoms with Gasteiger partial charge in [0, 0.05) is 23.9 Å². The summed E-state index contributed by atoms with van der Waals surface area (Å²) in [5.41, 5.74) is 1.56. The van der Waals surface area contributed by atoms with Crippen molar-refractivity contribution in [2.75, 3.05) is 6.54 Å². The molecule has 22 heavy (non-hydrogen) atoms. The van der Waals surface area contributed by atoms with E-state index >= 15 is 0 Å². The molecule has 1 heterocycles. The zero-order valence-corrected chi connectivity index (χ0v) is 13.9. The Hall–Kier alpha value is -1.39. The summed E-state index contributed by atoms with van der Waals surface area (Å²) >= 11 is 6.03. The molecule has 1 aromatic carbocycles. The second-order valence-corrected chi connectivity index (χ2v) is 6.69. The number of aromatic nitrogens is 2. The summed E-state index contributed by atoms with van der Waals surface area (Å²) in [6.45, 7) is 4.80. The fourth-order valence-corrected chi connectivity index (χ4v) is 3.47. The Labute approximate surface area is 136 Å². The number of benzene rings is 1. The molecule has 2 aromatic rings. The quantitative estimate of drug-likeness (QED) is 0.897. The third-order valence-corrected chi connectivity index (χ3v) is 4.93. The SMILES string of the molecule is Cc1nnc([C@H](C)NCC2(c3ccc(Cl)cc3)CCCC2)o1. The first-order valence-electron chi connectivity index (χ1n) is 7.88. The van der Waals surface area contributed by atoms with Gasteiger partial charge in [-0.3, -0.25) is 0 Å². The van der Waals surface area contributed by atoms with Crippen LogP contribution in [0.15, 0.2) is 28.7 Å². The highest BCUT2D eigenvalue weighted by Crippen LogP contribution is 2.41. The van der Waals surface area contributed by atoms with Gasteiger partial charge in [0.15, 0.2) is 0 Å². The highest BCUT2D eigenvalue weighted by atomic mass is 35.5. The van der Waals surface area contributed by atoms with Crippen LogP contribution in [-0.2, 0) is 5.41 Å². The highest BCUT2D eigenvalue weighted by Gasteiger charge is 2.35. The van der Waals surface area contributed by atoms with E-state index in [9.17, 15) is 0 Å². The van der Waals surface area contributed by atoms with Crippen LogP contribution >= 0.6 is 11.6 Å². The van der Waals surface area contributed by atoms with Crippen molar-refractivity contribution in [2.24, 2.45) is 0 Å². The fraction of sp³-hybridized carbons (Fsp3) is 0.529. The predicted octanol–water partition coefficient (Wildman–Crippen LogP) is 4.19. The van der Waals surface area contributed by atoms with E-state index in [0.29, 0.717) is 11.8 Å². The third-order valence-electron chi connectivity index (χ3n) is 4.68. The van der Waals surface area contributed by atoms with Gasteiger partial charge in [-0.05, 0) is 37.5 Å². The molecule has 5 heteroatoms. The van der Waals surface area contributed by atoms with Crippen molar-refractivity contribution >= 4 is 11.6 Å². The van der Waals surface area contributed by atoms with E-state index in [1.54, 1.807) is 0 Å². The van der Waals surface area contributed by atoms with E-state index in [4.69, 9.17) is 16.0 Å². The number of nitrogens with zero attached hydrogens (tertiary/aromatic N) is 2. The van der Waals surface area contributed by atoms with Crippen molar-refractivity contribution in [1.82, 2.24) is 15.5 Å². The number of aryl methyl sites for hydroxylation is 1. The van der Waals surface area contributed by atoms with Crippen LogP contribution in [0, 0.1) is 6.92 Å². The Kier molecular flexibility index (Phi) is 4.50. The van der Waals surface area contributed by atoms with Gasteiger partial charge in [-0.1, -0.05) is 36.6 Å². The lowest BCUT2D eigenvalue weighted by Crippen LogP contribution is -2.37. The Balaban J connectivity index is 1.73. The molecule has 4 nitrogen and oxygen atoms in total. The fourth-order valence-electron chi connectivity index (χ4n) is 3.35. The molecule has 1 saturated carbocycles. The van der Waals surface area contributed by atoms with Gasteiger partial charge in [0.1, 0.15) is 0 Å². The molecule has 1 atom stereocenters. The molecule has 3 rings (SSSR count). The van der Waals surface area contributed by atoms with E-state index in [0.717, 1.165) is 11.6 Å². The monoisotopic (exact) mass is 319 g/mol. The van der Waals surface area contributed by atoms with Gasteiger partial charge in [0.2, 0.25) is 11.8 Å². The maximum Gasteiger partial charge on any atom is 0.233 e. The number of halogens is 1. The Morgan fingerprint density at radius 2 is 1.91 bits per heavy atom. The second-order valence-electron chi connectivity index (χ2n) is 6.26. The molecule has 0 saturated heterocycles. The standard InChI is InChI=1S/C17H22ClN3O/c1-12(16-21-20-13(2)22-16)19-11-17(9-3-4-10-17)14-5-7-15(18)8-6-14/h5-8,12,19H,3-4,9-11H2,1-2H3/t12-/m0/s1. The molecule has 1 aliphatic rings. The van der Waals surface area contributed by atoms with Crippen LogP contribution in [0.1, 0.15) is 56.0 Å². The van der Waals surface area contributed by atoms with Crippen molar-refractivity contribution in [2.45, 2.75) is 51.0 Å². The largest absolute Gasteiger partial charge is 0.424 e. The number of hydrogen-bond donors (Lipinski definition) is 1. The van der Waals surface area contributed by atoms with Crippen LogP contribution in [0.3, 0.4) is 0 Å². The van der Waals surface area contributed by atoms with Crippen molar-refractivity contribution in [3.63, 3.8) is 0 Å². The maximum atomic E-state index is 6.03. The summed E-state index contributed by atoms with van der Waals surface area (Å²) in [5, 5.41) is 12.4. The van der Waals surface area contributed by atoms with Crippen molar-refractivity contribution in [3.05, 3.63) is 46.6 Å². The summed E-state index contributed by atoms with van der Waals surface area (Å²) in [7, 11) is 0. The first-order valence-corrected chi connectivity index (χ1v) is 8.26. The van der Waals surface area contributed by atoms with Gasteiger partial charge in [-0.25, -0.2) is 0 Å². The molecule has 0 amide bonds. The molecule has 1 N–H and O–H groups in total. The minimum absolute atomic E-state index is 0.0611. The lowest BCUT2D eigenvalue weighted by Gasteiger charge is -2.31. The number of nitrogens with one attached hydrogen (secondary N) is 1. The molecule has 118 valence electrons. The second kappa shape index (κ2) is 6.39. The zero-order valence-electron chi connectivity index (χ0n) is 13.1. The zero-order chi connectivity index (χ0) is 15.6. The predicted molar refractivity (Wildman–Crippen MR) is 87.1 cm³/mol. The van der Waals surface area contributed by atoms with Gasteiger partial charge in [0.25, 0.3) is 0 Å². The minimum Gasteiger partial charge on any atom is -0.424 e. The highest BCUT2D eigenvalue weighted by molar-refractivity contribution is 6.30. The molecular weight excluding hydrogens is 298 g/mol. The lowest BCUT2D eigenvalue weighted by atomic mass is 9.78. The van der Waals surface area contributed by atoms with E-state index in [1.807, 2.05) is 19.1 Å². The van der Waals surface area contributed by atoms with E-state index in [1.165, 1.54) is 31.2 Å². The number of rotatable bonds is 5. The first kappa shape index (κ1) is 15.5. The van der Waals surface area contributed by atoms with Crippen LogP contribution in [0.2, 0.25) is 5.02 Å².